The molecule has 0 amide bonds. The molecule has 1 atom stereocenters. The summed E-state index contributed by atoms with van der Waals surface area (Å²) in [6.07, 6.45) is 3.66. The summed E-state index contributed by atoms with van der Waals surface area (Å²) >= 11 is 1.73. The number of hydrogen-bond donors (Lipinski definition) is 3. The first-order valence-corrected chi connectivity index (χ1v) is 8.78. The third kappa shape index (κ3) is 3.39. The van der Waals surface area contributed by atoms with Gasteiger partial charge in [0.2, 0.25) is 5.95 Å². The maximum Gasteiger partial charge on any atom is 0.255 e. The van der Waals surface area contributed by atoms with E-state index in [1.54, 1.807) is 11.3 Å². The zero-order valence-electron chi connectivity index (χ0n) is 12.8. The average Bonchev–Trinajstić information content (AvgIpc) is 2.93. The molecule has 0 radical (unpaired) electrons. The molecular weight excluding hydrogens is 296 g/mol. The summed E-state index contributed by atoms with van der Waals surface area (Å²) in [4.78, 5) is 21.2. The third-order valence-corrected chi connectivity index (χ3v) is 4.95. The topological polar surface area (TPSA) is 69.8 Å². The van der Waals surface area contributed by atoms with Crippen LogP contribution in [-0.4, -0.2) is 23.1 Å². The monoisotopic (exact) mass is 318 g/mol. The highest BCUT2D eigenvalue weighted by Gasteiger charge is 2.17. The molecule has 6 heteroatoms. The van der Waals surface area contributed by atoms with Gasteiger partial charge in [-0.25, -0.2) is 4.98 Å². The quantitative estimate of drug-likeness (QED) is 0.792. The standard InChI is InChI=1S/C16H22N4OS/c1-2-4-13(14-5-3-10-22-14)19-16-18-12-7-9-17-8-6-11(12)15(21)20-16/h3,5,10,13,17H,2,4,6-9H2,1H3,(H2,18,19,20,21). The van der Waals surface area contributed by atoms with Gasteiger partial charge in [0.1, 0.15) is 0 Å². The van der Waals surface area contributed by atoms with Gasteiger partial charge in [0, 0.05) is 23.4 Å². The fourth-order valence-corrected chi connectivity index (χ4v) is 3.66. The van der Waals surface area contributed by atoms with Gasteiger partial charge in [-0.1, -0.05) is 19.4 Å². The van der Waals surface area contributed by atoms with Crippen LogP contribution < -0.4 is 16.2 Å². The van der Waals surface area contributed by atoms with Crippen molar-refractivity contribution < 1.29 is 0 Å². The van der Waals surface area contributed by atoms with Gasteiger partial charge < -0.3 is 10.6 Å². The number of nitrogens with one attached hydrogen (secondary N) is 3. The highest BCUT2D eigenvalue weighted by Crippen LogP contribution is 2.26. The average molecular weight is 318 g/mol. The van der Waals surface area contributed by atoms with Crippen LogP contribution in [0.15, 0.2) is 22.3 Å². The fraction of sp³-hybridized carbons (Fsp3) is 0.500. The second-order valence-electron chi connectivity index (χ2n) is 5.59. The minimum absolute atomic E-state index is 0.00220. The molecule has 5 nitrogen and oxygen atoms in total. The highest BCUT2D eigenvalue weighted by molar-refractivity contribution is 7.10. The number of H-pyrrole nitrogens is 1. The third-order valence-electron chi connectivity index (χ3n) is 3.97. The van der Waals surface area contributed by atoms with Gasteiger partial charge in [-0.05, 0) is 30.8 Å². The van der Waals surface area contributed by atoms with Crippen LogP contribution in [0.3, 0.4) is 0 Å². The summed E-state index contributed by atoms with van der Waals surface area (Å²) in [5.74, 6) is 0.595. The van der Waals surface area contributed by atoms with E-state index in [-0.39, 0.29) is 11.6 Å². The summed E-state index contributed by atoms with van der Waals surface area (Å²) in [5.41, 5.74) is 1.76. The molecule has 0 bridgehead atoms. The Bertz CT molecular complexity index is 665. The van der Waals surface area contributed by atoms with Crippen molar-refractivity contribution in [2.75, 3.05) is 18.4 Å². The maximum absolute atomic E-state index is 12.3. The molecule has 118 valence electrons. The molecule has 0 spiro atoms. The van der Waals surface area contributed by atoms with Crippen molar-refractivity contribution in [1.82, 2.24) is 15.3 Å². The lowest BCUT2D eigenvalue weighted by Gasteiger charge is -2.18. The van der Waals surface area contributed by atoms with Crippen molar-refractivity contribution in [1.29, 1.82) is 0 Å². The van der Waals surface area contributed by atoms with Gasteiger partial charge in [-0.2, -0.15) is 0 Å². The first kappa shape index (κ1) is 15.2. The summed E-state index contributed by atoms with van der Waals surface area (Å²) < 4.78 is 0. The Kier molecular flexibility index (Phi) is 4.90. The second-order valence-corrected chi connectivity index (χ2v) is 6.57. The summed E-state index contributed by atoms with van der Waals surface area (Å²) in [7, 11) is 0. The molecule has 1 unspecified atom stereocenters. The number of anilines is 1. The molecule has 22 heavy (non-hydrogen) atoms. The Morgan fingerprint density at radius 1 is 1.41 bits per heavy atom. The van der Waals surface area contributed by atoms with Crippen molar-refractivity contribution in [2.45, 2.75) is 38.6 Å². The van der Waals surface area contributed by atoms with E-state index in [0.29, 0.717) is 5.95 Å². The number of aromatic nitrogens is 2. The lowest BCUT2D eigenvalue weighted by Crippen LogP contribution is -2.22. The van der Waals surface area contributed by atoms with Crippen LogP contribution in [0.1, 0.15) is 41.9 Å². The number of aromatic amines is 1. The number of rotatable bonds is 5. The smallest absolute Gasteiger partial charge is 0.255 e. The highest BCUT2D eigenvalue weighted by atomic mass is 32.1. The second kappa shape index (κ2) is 7.07. The first-order valence-electron chi connectivity index (χ1n) is 7.90. The van der Waals surface area contributed by atoms with Crippen molar-refractivity contribution in [2.24, 2.45) is 0 Å². The minimum Gasteiger partial charge on any atom is -0.348 e. The molecule has 3 N–H and O–H groups in total. The number of thiophene rings is 1. The molecule has 0 aromatic carbocycles. The van der Waals surface area contributed by atoms with E-state index in [1.165, 1.54) is 4.88 Å². The Hall–Kier alpha value is -1.66. The molecular formula is C16H22N4OS. The molecule has 0 saturated carbocycles. The van der Waals surface area contributed by atoms with Crippen LogP contribution in [0.4, 0.5) is 5.95 Å². The molecule has 2 aromatic heterocycles. The van der Waals surface area contributed by atoms with Gasteiger partial charge in [-0.15, -0.1) is 11.3 Å². The van der Waals surface area contributed by atoms with Gasteiger partial charge >= 0.3 is 0 Å². The Morgan fingerprint density at radius 3 is 3.05 bits per heavy atom. The van der Waals surface area contributed by atoms with E-state index in [1.807, 2.05) is 0 Å². The molecule has 3 heterocycles. The van der Waals surface area contributed by atoms with Crippen LogP contribution in [0.5, 0.6) is 0 Å². The van der Waals surface area contributed by atoms with Crippen LogP contribution in [0.25, 0.3) is 0 Å². The van der Waals surface area contributed by atoms with Gasteiger partial charge in [0.25, 0.3) is 5.56 Å². The lowest BCUT2D eigenvalue weighted by molar-refractivity contribution is 0.678. The van der Waals surface area contributed by atoms with Crippen molar-refractivity contribution >= 4 is 17.3 Å². The fourth-order valence-electron chi connectivity index (χ4n) is 2.85. The first-order chi connectivity index (χ1) is 10.8. The van der Waals surface area contributed by atoms with Gasteiger partial charge in [0.15, 0.2) is 0 Å². The predicted octanol–water partition coefficient (Wildman–Crippen LogP) is 2.47. The minimum atomic E-state index is -0.00220. The predicted molar refractivity (Wildman–Crippen MR) is 90.7 cm³/mol. The number of fused-ring (bicyclic) bond motifs is 1. The Labute approximate surface area is 134 Å². The molecule has 2 aromatic rings. The van der Waals surface area contributed by atoms with Crippen LogP contribution >= 0.6 is 11.3 Å². The van der Waals surface area contributed by atoms with Crippen molar-refractivity contribution in [3.63, 3.8) is 0 Å². The SMILES string of the molecule is CCCC(Nc1nc2c(c(=O)[nH]1)CCNCC2)c1cccs1. The van der Waals surface area contributed by atoms with E-state index in [0.717, 1.165) is 50.0 Å². The van der Waals surface area contributed by atoms with Crippen LogP contribution in [-0.2, 0) is 12.8 Å². The van der Waals surface area contributed by atoms with E-state index in [2.05, 4.69) is 45.0 Å². The Balaban J connectivity index is 1.86. The molecule has 1 aliphatic heterocycles. The largest absolute Gasteiger partial charge is 0.348 e. The number of hydrogen-bond acceptors (Lipinski definition) is 5. The number of nitrogens with zero attached hydrogens (tertiary/aromatic N) is 1. The lowest BCUT2D eigenvalue weighted by atomic mass is 10.1. The van der Waals surface area contributed by atoms with E-state index in [4.69, 9.17) is 0 Å². The van der Waals surface area contributed by atoms with E-state index >= 15 is 0 Å². The normalized spacial score (nSPS) is 15.9. The molecule has 0 fully saturated rings. The zero-order chi connectivity index (χ0) is 15.4. The summed E-state index contributed by atoms with van der Waals surface area (Å²) in [5, 5.41) is 8.81. The molecule has 0 aliphatic carbocycles. The van der Waals surface area contributed by atoms with Crippen LogP contribution in [0, 0.1) is 0 Å². The molecule has 3 rings (SSSR count). The van der Waals surface area contributed by atoms with Crippen LogP contribution in [0.2, 0.25) is 0 Å². The zero-order valence-corrected chi connectivity index (χ0v) is 13.6. The maximum atomic E-state index is 12.3. The molecule has 1 aliphatic rings. The van der Waals surface area contributed by atoms with Crippen molar-refractivity contribution in [3.8, 4) is 0 Å². The van der Waals surface area contributed by atoms with Gasteiger partial charge in [-0.3, -0.25) is 9.78 Å². The summed E-state index contributed by atoms with van der Waals surface area (Å²) in [6.45, 7) is 3.89. The van der Waals surface area contributed by atoms with E-state index < -0.39 is 0 Å². The molecule has 0 saturated heterocycles. The summed E-state index contributed by atoms with van der Waals surface area (Å²) in [6, 6.07) is 4.39. The Morgan fingerprint density at radius 2 is 2.27 bits per heavy atom. The van der Waals surface area contributed by atoms with E-state index in [9.17, 15) is 4.79 Å². The van der Waals surface area contributed by atoms with Gasteiger partial charge in [0.05, 0.1) is 11.7 Å². The van der Waals surface area contributed by atoms with Crippen molar-refractivity contribution in [3.05, 3.63) is 44.0 Å².